The number of nitrogens with one attached hydrogen (secondary N) is 2. The van der Waals surface area contributed by atoms with Gasteiger partial charge in [0.15, 0.2) is 21.3 Å². The van der Waals surface area contributed by atoms with E-state index >= 15 is 0 Å². The fourth-order valence-electron chi connectivity index (χ4n) is 2.44. The zero-order chi connectivity index (χ0) is 24.6. The van der Waals surface area contributed by atoms with Crippen LogP contribution in [0.4, 0.5) is 11.4 Å². The summed E-state index contributed by atoms with van der Waals surface area (Å²) in [6, 6.07) is 11.7. The summed E-state index contributed by atoms with van der Waals surface area (Å²) in [4.78, 5) is 24.2. The molecule has 0 atom stereocenters. The number of rotatable bonds is 11. The van der Waals surface area contributed by atoms with E-state index in [1.165, 1.54) is 31.4 Å². The first kappa shape index (κ1) is 25.9. The molecule has 0 aliphatic carbocycles. The standard InChI is InChI=1S/C19H21N3O9S2/c1-13(23)18(19(24)20-16-5-3-4-6-17(16)30-2)22-21-14-7-9-15(10-8-14)32(25,26)12-11-31-33(27,28)29/h3-10,21H,11-12H2,1-2H3,(H,20,24)(H,27,28,29)/b22-18+. The van der Waals surface area contributed by atoms with Gasteiger partial charge >= 0.3 is 10.4 Å². The maximum atomic E-state index is 12.5. The van der Waals surface area contributed by atoms with E-state index in [1.807, 2.05) is 0 Å². The summed E-state index contributed by atoms with van der Waals surface area (Å²) in [6.07, 6.45) is 0. The third-order valence-electron chi connectivity index (χ3n) is 4.00. The van der Waals surface area contributed by atoms with Gasteiger partial charge in [0.2, 0.25) is 0 Å². The van der Waals surface area contributed by atoms with Gasteiger partial charge in [0.05, 0.1) is 35.7 Å². The highest BCUT2D eigenvalue weighted by molar-refractivity contribution is 7.91. The molecule has 3 N–H and O–H groups in total. The number of carbonyl (C=O) groups excluding carboxylic acids is 2. The molecule has 0 unspecified atom stereocenters. The van der Waals surface area contributed by atoms with Crippen LogP contribution in [0.5, 0.6) is 5.75 Å². The molecular formula is C19H21N3O9S2. The number of sulfone groups is 1. The fraction of sp³-hybridized carbons (Fsp3) is 0.211. The van der Waals surface area contributed by atoms with Crippen molar-refractivity contribution >= 4 is 49.0 Å². The van der Waals surface area contributed by atoms with Crippen LogP contribution in [0, 0.1) is 0 Å². The predicted octanol–water partition coefficient (Wildman–Crippen LogP) is 1.28. The maximum Gasteiger partial charge on any atom is 0.397 e. The number of Topliss-reactive ketones (excluding diaryl/α,β-unsaturated/α-hetero) is 1. The summed E-state index contributed by atoms with van der Waals surface area (Å²) in [7, 11) is -7.21. The molecule has 2 aromatic rings. The smallest absolute Gasteiger partial charge is 0.397 e. The minimum absolute atomic E-state index is 0.142. The number of ketones is 1. The number of ether oxygens (including phenoxy) is 1. The first-order valence-electron chi connectivity index (χ1n) is 9.16. The Bertz CT molecular complexity index is 1260. The van der Waals surface area contributed by atoms with Gasteiger partial charge in [-0.2, -0.15) is 13.5 Å². The predicted molar refractivity (Wildman–Crippen MR) is 119 cm³/mol. The van der Waals surface area contributed by atoms with Gasteiger partial charge < -0.3 is 10.1 Å². The molecule has 0 radical (unpaired) electrons. The maximum absolute atomic E-state index is 12.5. The van der Waals surface area contributed by atoms with E-state index in [-0.39, 0.29) is 10.6 Å². The molecule has 14 heteroatoms. The Morgan fingerprint density at radius 2 is 1.67 bits per heavy atom. The number of hydrogen-bond donors (Lipinski definition) is 3. The van der Waals surface area contributed by atoms with Gasteiger partial charge in [-0.15, -0.1) is 0 Å². The van der Waals surface area contributed by atoms with E-state index in [0.717, 1.165) is 6.92 Å². The number of benzene rings is 2. The number of nitrogens with zero attached hydrogens (tertiary/aromatic N) is 1. The summed E-state index contributed by atoms with van der Waals surface area (Å²) in [5.74, 6) is -1.69. The van der Waals surface area contributed by atoms with Gasteiger partial charge in [0.25, 0.3) is 5.91 Å². The van der Waals surface area contributed by atoms with E-state index in [2.05, 4.69) is 20.0 Å². The SMILES string of the molecule is COc1ccccc1NC(=O)/C(=N/Nc1ccc(S(=O)(=O)CCOS(=O)(=O)O)cc1)C(C)=O. The number of carbonyl (C=O) groups is 2. The van der Waals surface area contributed by atoms with Crippen LogP contribution in [0.15, 0.2) is 58.5 Å². The number of hydrogen-bond acceptors (Lipinski definition) is 10. The van der Waals surface area contributed by atoms with Crippen LogP contribution in [0.25, 0.3) is 0 Å². The summed E-state index contributed by atoms with van der Waals surface area (Å²) >= 11 is 0. The molecule has 2 aromatic carbocycles. The van der Waals surface area contributed by atoms with Crippen molar-refractivity contribution in [2.75, 3.05) is 30.2 Å². The monoisotopic (exact) mass is 499 g/mol. The molecular weight excluding hydrogens is 478 g/mol. The molecule has 0 spiro atoms. The zero-order valence-electron chi connectivity index (χ0n) is 17.5. The molecule has 12 nitrogen and oxygen atoms in total. The molecule has 2 rings (SSSR count). The largest absolute Gasteiger partial charge is 0.495 e. The number of amides is 1. The van der Waals surface area contributed by atoms with Crippen LogP contribution in [0.2, 0.25) is 0 Å². The zero-order valence-corrected chi connectivity index (χ0v) is 19.1. The lowest BCUT2D eigenvalue weighted by atomic mass is 10.2. The van der Waals surface area contributed by atoms with E-state index in [1.54, 1.807) is 24.3 Å². The van der Waals surface area contributed by atoms with Crippen molar-refractivity contribution < 1.29 is 39.9 Å². The minimum Gasteiger partial charge on any atom is -0.495 e. The number of hydrazone groups is 1. The molecule has 0 heterocycles. The molecule has 0 saturated carbocycles. The highest BCUT2D eigenvalue weighted by atomic mass is 32.3. The second-order valence-corrected chi connectivity index (χ2v) is 9.58. The summed E-state index contributed by atoms with van der Waals surface area (Å²) in [6.45, 7) is 0.404. The Kier molecular flexibility index (Phi) is 8.64. The van der Waals surface area contributed by atoms with E-state index < -0.39 is 50.0 Å². The van der Waals surface area contributed by atoms with Gasteiger partial charge in [0, 0.05) is 6.92 Å². The van der Waals surface area contributed by atoms with Gasteiger partial charge in [0.1, 0.15) is 5.75 Å². The normalized spacial score (nSPS) is 12.2. The molecule has 178 valence electrons. The lowest BCUT2D eigenvalue weighted by Gasteiger charge is -2.10. The van der Waals surface area contributed by atoms with E-state index in [0.29, 0.717) is 11.4 Å². The minimum atomic E-state index is -4.75. The van der Waals surface area contributed by atoms with Crippen LogP contribution in [-0.2, 0) is 34.0 Å². The highest BCUT2D eigenvalue weighted by Gasteiger charge is 2.19. The summed E-state index contributed by atoms with van der Waals surface area (Å²) in [5, 5.41) is 6.34. The average Bonchev–Trinajstić information content (AvgIpc) is 2.73. The fourth-order valence-corrected chi connectivity index (χ4v) is 3.93. The van der Waals surface area contributed by atoms with Crippen molar-refractivity contribution in [1.82, 2.24) is 0 Å². The van der Waals surface area contributed by atoms with Gasteiger partial charge in [-0.25, -0.2) is 12.6 Å². The quantitative estimate of drug-likeness (QED) is 0.177. The Balaban J connectivity index is 2.10. The summed E-state index contributed by atoms with van der Waals surface area (Å²) < 4.78 is 63.1. The lowest BCUT2D eigenvalue weighted by molar-refractivity contribution is -0.114. The Hall–Kier alpha value is -3.33. The first-order chi connectivity index (χ1) is 15.4. The topological polar surface area (TPSA) is 178 Å². The molecule has 0 saturated heterocycles. The first-order valence-corrected chi connectivity index (χ1v) is 12.2. The van der Waals surface area contributed by atoms with Crippen molar-refractivity contribution in [1.29, 1.82) is 0 Å². The van der Waals surface area contributed by atoms with E-state index in [9.17, 15) is 26.4 Å². The molecule has 33 heavy (non-hydrogen) atoms. The molecule has 0 aliphatic rings. The molecule has 0 fully saturated rings. The van der Waals surface area contributed by atoms with Crippen molar-refractivity contribution in [2.45, 2.75) is 11.8 Å². The van der Waals surface area contributed by atoms with Crippen LogP contribution >= 0.6 is 0 Å². The van der Waals surface area contributed by atoms with E-state index in [4.69, 9.17) is 9.29 Å². The number of para-hydroxylation sites is 2. The average molecular weight is 500 g/mol. The van der Waals surface area contributed by atoms with Gasteiger partial charge in [-0.05, 0) is 36.4 Å². The van der Waals surface area contributed by atoms with Crippen LogP contribution in [-0.4, -0.2) is 58.3 Å². The van der Waals surface area contributed by atoms with Crippen molar-refractivity contribution in [3.05, 3.63) is 48.5 Å². The molecule has 0 bridgehead atoms. The molecule has 1 amide bonds. The summed E-state index contributed by atoms with van der Waals surface area (Å²) in [5.41, 5.74) is 2.69. The molecule has 0 aromatic heterocycles. The third-order valence-corrected chi connectivity index (χ3v) is 6.16. The third kappa shape index (κ3) is 7.94. The van der Waals surface area contributed by atoms with Crippen molar-refractivity contribution in [2.24, 2.45) is 5.10 Å². The highest BCUT2D eigenvalue weighted by Crippen LogP contribution is 2.23. The lowest BCUT2D eigenvalue weighted by Crippen LogP contribution is -2.29. The van der Waals surface area contributed by atoms with Crippen molar-refractivity contribution in [3.63, 3.8) is 0 Å². The molecule has 0 aliphatic heterocycles. The van der Waals surface area contributed by atoms with Crippen molar-refractivity contribution in [3.8, 4) is 5.75 Å². The Morgan fingerprint density at radius 3 is 2.24 bits per heavy atom. The Labute approximate surface area is 190 Å². The number of anilines is 2. The van der Waals surface area contributed by atoms with Gasteiger partial charge in [-0.3, -0.25) is 19.6 Å². The second-order valence-electron chi connectivity index (χ2n) is 6.38. The Morgan fingerprint density at radius 1 is 1.03 bits per heavy atom. The van der Waals surface area contributed by atoms with Crippen LogP contribution in [0.1, 0.15) is 6.92 Å². The number of methoxy groups -OCH3 is 1. The van der Waals surface area contributed by atoms with Crippen LogP contribution < -0.4 is 15.5 Å². The second kappa shape index (κ2) is 11.0. The van der Waals surface area contributed by atoms with Crippen LogP contribution in [0.3, 0.4) is 0 Å². The van der Waals surface area contributed by atoms with Gasteiger partial charge in [-0.1, -0.05) is 12.1 Å².